The van der Waals surface area contributed by atoms with Gasteiger partial charge in [-0.2, -0.15) is 0 Å². The SMILES string of the molecule is CC(CCCOC(c1ccccc1)(c1ccccc1)c1ccccc1)OC(c1ccccc1)(c1ccccc1)c1ccccc1. The topological polar surface area (TPSA) is 18.5 Å². The van der Waals surface area contributed by atoms with Crippen LogP contribution in [0.3, 0.4) is 0 Å². The summed E-state index contributed by atoms with van der Waals surface area (Å²) in [5.41, 5.74) is 5.21. The molecule has 6 aromatic rings. The summed E-state index contributed by atoms with van der Waals surface area (Å²) >= 11 is 0. The number of ether oxygens (including phenoxy) is 2. The minimum Gasteiger partial charge on any atom is -0.361 e. The van der Waals surface area contributed by atoms with Gasteiger partial charge in [0.05, 0.1) is 6.10 Å². The minimum absolute atomic E-state index is 0.0474. The fourth-order valence-corrected chi connectivity index (χ4v) is 6.45. The second-order valence-electron chi connectivity index (χ2n) is 11.5. The first-order valence-corrected chi connectivity index (χ1v) is 15.9. The van der Waals surface area contributed by atoms with E-state index in [-0.39, 0.29) is 6.10 Å². The summed E-state index contributed by atoms with van der Waals surface area (Å²) < 4.78 is 14.3. The van der Waals surface area contributed by atoms with Crippen molar-refractivity contribution in [1.29, 1.82) is 0 Å². The quantitative estimate of drug-likeness (QED) is 0.0987. The van der Waals surface area contributed by atoms with Crippen LogP contribution >= 0.6 is 0 Å². The smallest absolute Gasteiger partial charge is 0.144 e. The van der Waals surface area contributed by atoms with E-state index in [1.807, 2.05) is 0 Å². The summed E-state index contributed by atoms with van der Waals surface area (Å²) in [6, 6.07) is 63.5. The van der Waals surface area contributed by atoms with Gasteiger partial charge >= 0.3 is 0 Å². The molecule has 1 atom stereocenters. The first-order valence-electron chi connectivity index (χ1n) is 15.9. The van der Waals surface area contributed by atoms with Crippen molar-refractivity contribution < 1.29 is 9.47 Å². The summed E-state index contributed by atoms with van der Waals surface area (Å²) in [5.74, 6) is 0. The van der Waals surface area contributed by atoms with Crippen LogP contribution in [-0.4, -0.2) is 12.7 Å². The molecular weight excluding hydrogens is 548 g/mol. The lowest BCUT2D eigenvalue weighted by molar-refractivity contribution is -0.0499. The molecule has 0 spiro atoms. The van der Waals surface area contributed by atoms with E-state index in [1.54, 1.807) is 0 Å². The molecule has 45 heavy (non-hydrogen) atoms. The molecule has 0 amide bonds. The summed E-state index contributed by atoms with van der Waals surface area (Å²) in [7, 11) is 0. The molecule has 6 aromatic carbocycles. The Morgan fingerprint density at radius 2 is 0.667 bits per heavy atom. The Morgan fingerprint density at radius 1 is 0.400 bits per heavy atom. The maximum Gasteiger partial charge on any atom is 0.144 e. The van der Waals surface area contributed by atoms with Gasteiger partial charge in [-0.1, -0.05) is 182 Å². The molecule has 0 heterocycles. The first-order chi connectivity index (χ1) is 22.2. The van der Waals surface area contributed by atoms with Crippen LogP contribution in [0.15, 0.2) is 182 Å². The van der Waals surface area contributed by atoms with Crippen molar-refractivity contribution in [2.45, 2.75) is 37.1 Å². The van der Waals surface area contributed by atoms with Gasteiger partial charge in [0.1, 0.15) is 11.2 Å². The number of hydrogen-bond donors (Lipinski definition) is 0. The lowest BCUT2D eigenvalue weighted by Crippen LogP contribution is -2.36. The lowest BCUT2D eigenvalue weighted by Gasteiger charge is -2.38. The van der Waals surface area contributed by atoms with Gasteiger partial charge in [0.2, 0.25) is 0 Å². The molecule has 6 rings (SSSR count). The Bertz CT molecular complexity index is 1510. The zero-order valence-corrected chi connectivity index (χ0v) is 25.8. The van der Waals surface area contributed by atoms with Crippen LogP contribution in [0, 0.1) is 0 Å². The molecule has 0 aliphatic heterocycles. The Hall–Kier alpha value is -4.76. The van der Waals surface area contributed by atoms with Crippen molar-refractivity contribution >= 4 is 0 Å². The fraction of sp³-hybridized carbons (Fsp3) is 0.163. The van der Waals surface area contributed by atoms with Gasteiger partial charge in [-0.25, -0.2) is 0 Å². The van der Waals surface area contributed by atoms with E-state index in [4.69, 9.17) is 9.47 Å². The van der Waals surface area contributed by atoms with E-state index in [0.717, 1.165) is 46.2 Å². The van der Waals surface area contributed by atoms with Crippen molar-refractivity contribution in [2.75, 3.05) is 6.61 Å². The second kappa shape index (κ2) is 14.3. The predicted molar refractivity (Wildman–Crippen MR) is 184 cm³/mol. The average Bonchev–Trinajstić information content (AvgIpc) is 3.13. The summed E-state index contributed by atoms with van der Waals surface area (Å²) in [4.78, 5) is 0. The van der Waals surface area contributed by atoms with Gasteiger partial charge in [-0.05, 0) is 53.1 Å². The van der Waals surface area contributed by atoms with Gasteiger partial charge in [-0.3, -0.25) is 0 Å². The first kappa shape index (κ1) is 30.3. The second-order valence-corrected chi connectivity index (χ2v) is 11.5. The minimum atomic E-state index is -0.744. The highest BCUT2D eigenvalue weighted by Gasteiger charge is 2.40. The van der Waals surface area contributed by atoms with Crippen molar-refractivity contribution in [3.05, 3.63) is 215 Å². The van der Waals surface area contributed by atoms with Gasteiger partial charge in [0, 0.05) is 6.61 Å². The zero-order chi connectivity index (χ0) is 30.8. The monoisotopic (exact) mass is 588 g/mol. The fourth-order valence-electron chi connectivity index (χ4n) is 6.45. The third-order valence-corrected chi connectivity index (χ3v) is 8.53. The molecule has 0 radical (unpaired) electrons. The van der Waals surface area contributed by atoms with Gasteiger partial charge < -0.3 is 9.47 Å². The number of hydrogen-bond acceptors (Lipinski definition) is 2. The maximum absolute atomic E-state index is 7.23. The molecule has 0 aliphatic rings. The van der Waals surface area contributed by atoms with Gasteiger partial charge in [0.25, 0.3) is 0 Å². The largest absolute Gasteiger partial charge is 0.361 e. The third-order valence-electron chi connectivity index (χ3n) is 8.53. The molecule has 224 valence electrons. The normalized spacial score (nSPS) is 12.5. The summed E-state index contributed by atoms with van der Waals surface area (Å²) in [6.45, 7) is 2.75. The van der Waals surface area contributed by atoms with Crippen LogP contribution < -0.4 is 0 Å². The summed E-state index contributed by atoms with van der Waals surface area (Å²) in [5, 5.41) is 0. The van der Waals surface area contributed by atoms with Crippen molar-refractivity contribution in [3.63, 3.8) is 0 Å². The van der Waals surface area contributed by atoms with Crippen LogP contribution in [0.25, 0.3) is 0 Å². The standard InChI is InChI=1S/C43H40O2/c1-35(45-43(39-28-14-5-15-29-39,40-30-16-6-17-31-40)41-32-18-7-19-33-41)21-20-34-44-42(36-22-8-2-9-23-36,37-24-10-3-11-25-37)38-26-12-4-13-27-38/h2-19,22-33,35H,20-21,34H2,1H3. The molecule has 1 unspecified atom stereocenters. The van der Waals surface area contributed by atoms with E-state index in [2.05, 4.69) is 189 Å². The van der Waals surface area contributed by atoms with E-state index in [0.29, 0.717) is 6.61 Å². The van der Waals surface area contributed by atoms with Gasteiger partial charge in [-0.15, -0.1) is 0 Å². The molecule has 0 fully saturated rings. The maximum atomic E-state index is 7.23. The number of rotatable bonds is 13. The molecule has 0 aromatic heterocycles. The molecule has 0 saturated carbocycles. The molecule has 2 heteroatoms. The number of benzene rings is 6. The van der Waals surface area contributed by atoms with E-state index < -0.39 is 11.2 Å². The van der Waals surface area contributed by atoms with Gasteiger partial charge in [0.15, 0.2) is 0 Å². The highest BCUT2D eigenvalue weighted by Crippen LogP contribution is 2.43. The molecule has 0 bridgehead atoms. The highest BCUT2D eigenvalue weighted by atomic mass is 16.5. The molecule has 0 aliphatic carbocycles. The van der Waals surface area contributed by atoms with E-state index >= 15 is 0 Å². The van der Waals surface area contributed by atoms with Crippen molar-refractivity contribution in [2.24, 2.45) is 0 Å². The Labute approximate surface area is 267 Å². The Balaban J connectivity index is 1.29. The Kier molecular flexibility index (Phi) is 9.65. The van der Waals surface area contributed by atoms with Crippen molar-refractivity contribution in [3.8, 4) is 0 Å². The van der Waals surface area contributed by atoms with Crippen LogP contribution in [-0.2, 0) is 20.7 Å². The van der Waals surface area contributed by atoms with Crippen molar-refractivity contribution in [1.82, 2.24) is 0 Å². The van der Waals surface area contributed by atoms with E-state index in [1.165, 1.54) is 0 Å². The lowest BCUT2D eigenvalue weighted by atomic mass is 9.79. The predicted octanol–water partition coefficient (Wildman–Crippen LogP) is 10.2. The summed E-state index contributed by atoms with van der Waals surface area (Å²) in [6.07, 6.45) is 1.63. The molecule has 0 saturated heterocycles. The highest BCUT2D eigenvalue weighted by molar-refractivity contribution is 5.49. The van der Waals surface area contributed by atoms with Crippen LogP contribution in [0.1, 0.15) is 53.1 Å². The van der Waals surface area contributed by atoms with Crippen LogP contribution in [0.5, 0.6) is 0 Å². The molecular formula is C43H40O2. The molecule has 2 nitrogen and oxygen atoms in total. The zero-order valence-electron chi connectivity index (χ0n) is 25.8. The van der Waals surface area contributed by atoms with E-state index in [9.17, 15) is 0 Å². The molecule has 0 N–H and O–H groups in total. The average molecular weight is 589 g/mol. The van der Waals surface area contributed by atoms with Crippen LogP contribution in [0.4, 0.5) is 0 Å². The Morgan fingerprint density at radius 3 is 0.956 bits per heavy atom. The third kappa shape index (κ3) is 6.40. The van der Waals surface area contributed by atoms with Crippen LogP contribution in [0.2, 0.25) is 0 Å².